The lowest BCUT2D eigenvalue weighted by Gasteiger charge is -2.33. The SMILES string of the molecule is Cc1cnc(C)c(N(C)CC2CCCN(C)C2)n1. The molecule has 0 N–H and O–H groups in total. The highest BCUT2D eigenvalue weighted by atomic mass is 15.2. The van der Waals surface area contributed by atoms with Gasteiger partial charge in [-0.15, -0.1) is 0 Å². The molecule has 4 nitrogen and oxygen atoms in total. The smallest absolute Gasteiger partial charge is 0.150 e. The second-order valence-electron chi connectivity index (χ2n) is 5.57. The van der Waals surface area contributed by atoms with E-state index in [1.54, 1.807) is 0 Å². The van der Waals surface area contributed by atoms with Gasteiger partial charge in [0.25, 0.3) is 0 Å². The zero-order chi connectivity index (χ0) is 13.1. The Labute approximate surface area is 110 Å². The van der Waals surface area contributed by atoms with Gasteiger partial charge in [0, 0.05) is 26.3 Å². The fraction of sp³-hybridized carbons (Fsp3) is 0.714. The Morgan fingerprint density at radius 1 is 1.44 bits per heavy atom. The van der Waals surface area contributed by atoms with E-state index in [1.807, 2.05) is 20.0 Å². The van der Waals surface area contributed by atoms with Crippen LogP contribution in [0.4, 0.5) is 5.82 Å². The summed E-state index contributed by atoms with van der Waals surface area (Å²) >= 11 is 0. The van der Waals surface area contributed by atoms with E-state index in [-0.39, 0.29) is 0 Å². The molecule has 0 spiro atoms. The number of likely N-dealkylation sites (tertiary alicyclic amines) is 1. The summed E-state index contributed by atoms with van der Waals surface area (Å²) in [6, 6.07) is 0. The lowest BCUT2D eigenvalue weighted by atomic mass is 9.98. The van der Waals surface area contributed by atoms with Crippen LogP contribution in [0.3, 0.4) is 0 Å². The summed E-state index contributed by atoms with van der Waals surface area (Å²) in [7, 11) is 4.34. The van der Waals surface area contributed by atoms with E-state index in [0.29, 0.717) is 0 Å². The molecule has 1 aromatic heterocycles. The minimum atomic E-state index is 0.746. The molecule has 2 heterocycles. The van der Waals surface area contributed by atoms with Crippen molar-refractivity contribution in [3.63, 3.8) is 0 Å². The van der Waals surface area contributed by atoms with Crippen molar-refractivity contribution in [3.05, 3.63) is 17.6 Å². The molecule has 0 saturated carbocycles. The van der Waals surface area contributed by atoms with Gasteiger partial charge in [0.15, 0.2) is 0 Å². The average molecular weight is 248 g/mol. The number of anilines is 1. The minimum absolute atomic E-state index is 0.746. The molecule has 2 rings (SSSR count). The summed E-state index contributed by atoms with van der Waals surface area (Å²) in [5.74, 6) is 1.78. The standard InChI is InChI=1S/C14H24N4/c1-11-8-15-12(2)14(16-11)18(4)10-13-6-5-7-17(3)9-13/h8,13H,5-7,9-10H2,1-4H3. The molecule has 4 heteroatoms. The van der Waals surface area contributed by atoms with Gasteiger partial charge < -0.3 is 9.80 Å². The highest BCUT2D eigenvalue weighted by Gasteiger charge is 2.20. The van der Waals surface area contributed by atoms with E-state index in [9.17, 15) is 0 Å². The third kappa shape index (κ3) is 3.19. The Kier molecular flexibility index (Phi) is 4.17. The van der Waals surface area contributed by atoms with E-state index >= 15 is 0 Å². The first-order valence-corrected chi connectivity index (χ1v) is 6.76. The quantitative estimate of drug-likeness (QED) is 0.817. The summed E-state index contributed by atoms with van der Waals surface area (Å²) in [6.45, 7) is 7.54. The maximum Gasteiger partial charge on any atom is 0.150 e. The lowest BCUT2D eigenvalue weighted by Crippen LogP contribution is -2.38. The van der Waals surface area contributed by atoms with E-state index in [1.165, 1.54) is 25.9 Å². The number of piperidine rings is 1. The first-order chi connectivity index (χ1) is 8.56. The van der Waals surface area contributed by atoms with Crippen LogP contribution in [-0.2, 0) is 0 Å². The van der Waals surface area contributed by atoms with Gasteiger partial charge in [-0.25, -0.2) is 4.98 Å². The van der Waals surface area contributed by atoms with Crippen molar-refractivity contribution in [1.82, 2.24) is 14.9 Å². The maximum atomic E-state index is 4.61. The third-order valence-corrected chi connectivity index (χ3v) is 3.67. The normalized spacial score (nSPS) is 21.0. The Balaban J connectivity index is 2.02. The molecule has 18 heavy (non-hydrogen) atoms. The molecule has 0 bridgehead atoms. The van der Waals surface area contributed by atoms with Crippen LogP contribution in [-0.4, -0.2) is 48.6 Å². The number of aromatic nitrogens is 2. The van der Waals surface area contributed by atoms with Gasteiger partial charge in [0.05, 0.1) is 11.4 Å². The van der Waals surface area contributed by atoms with Crippen molar-refractivity contribution >= 4 is 5.82 Å². The Hall–Kier alpha value is -1.16. The van der Waals surface area contributed by atoms with Gasteiger partial charge in [-0.3, -0.25) is 4.98 Å². The zero-order valence-corrected chi connectivity index (χ0v) is 12.0. The van der Waals surface area contributed by atoms with Crippen LogP contribution >= 0.6 is 0 Å². The monoisotopic (exact) mass is 248 g/mol. The fourth-order valence-corrected chi connectivity index (χ4v) is 2.78. The Morgan fingerprint density at radius 2 is 2.22 bits per heavy atom. The van der Waals surface area contributed by atoms with Crippen LogP contribution in [0.2, 0.25) is 0 Å². The highest BCUT2D eigenvalue weighted by Crippen LogP contribution is 2.20. The van der Waals surface area contributed by atoms with Gasteiger partial charge >= 0.3 is 0 Å². The molecule has 1 atom stereocenters. The molecule has 1 saturated heterocycles. The number of hydrogen-bond donors (Lipinski definition) is 0. The van der Waals surface area contributed by atoms with Gasteiger partial charge in [-0.2, -0.15) is 0 Å². The van der Waals surface area contributed by atoms with E-state index in [2.05, 4.69) is 33.9 Å². The molecular formula is C14H24N4. The Bertz CT molecular complexity index is 405. The molecule has 1 aliphatic rings. The minimum Gasteiger partial charge on any atom is -0.358 e. The second kappa shape index (κ2) is 5.65. The second-order valence-corrected chi connectivity index (χ2v) is 5.57. The van der Waals surface area contributed by atoms with Crippen LogP contribution in [0.25, 0.3) is 0 Å². The first-order valence-electron chi connectivity index (χ1n) is 6.76. The molecular weight excluding hydrogens is 224 g/mol. The van der Waals surface area contributed by atoms with Crippen LogP contribution < -0.4 is 4.90 Å². The summed E-state index contributed by atoms with van der Waals surface area (Å²) in [4.78, 5) is 13.7. The fourth-order valence-electron chi connectivity index (χ4n) is 2.78. The molecule has 0 radical (unpaired) electrons. The molecule has 0 aliphatic carbocycles. The van der Waals surface area contributed by atoms with Gasteiger partial charge in [-0.1, -0.05) is 0 Å². The predicted octanol–water partition coefficient (Wildman–Crippen LogP) is 1.87. The summed E-state index contributed by atoms with van der Waals surface area (Å²) in [5, 5.41) is 0. The van der Waals surface area contributed by atoms with Crippen LogP contribution in [0.5, 0.6) is 0 Å². The number of hydrogen-bond acceptors (Lipinski definition) is 4. The Morgan fingerprint density at radius 3 is 2.94 bits per heavy atom. The van der Waals surface area contributed by atoms with Crippen molar-refractivity contribution in [1.29, 1.82) is 0 Å². The van der Waals surface area contributed by atoms with Gasteiger partial charge in [-0.05, 0) is 46.2 Å². The lowest BCUT2D eigenvalue weighted by molar-refractivity contribution is 0.213. The maximum absolute atomic E-state index is 4.61. The molecule has 1 unspecified atom stereocenters. The highest BCUT2D eigenvalue weighted by molar-refractivity contribution is 5.42. The van der Waals surface area contributed by atoms with Gasteiger partial charge in [0.2, 0.25) is 0 Å². The van der Waals surface area contributed by atoms with E-state index in [4.69, 9.17) is 0 Å². The molecule has 1 aliphatic heterocycles. The van der Waals surface area contributed by atoms with Crippen molar-refractivity contribution in [2.24, 2.45) is 5.92 Å². The van der Waals surface area contributed by atoms with E-state index < -0.39 is 0 Å². The summed E-state index contributed by atoms with van der Waals surface area (Å²) < 4.78 is 0. The van der Waals surface area contributed by atoms with Crippen molar-refractivity contribution in [2.75, 3.05) is 38.6 Å². The summed E-state index contributed by atoms with van der Waals surface area (Å²) in [6.07, 6.45) is 4.47. The summed E-state index contributed by atoms with van der Waals surface area (Å²) in [5.41, 5.74) is 2.01. The van der Waals surface area contributed by atoms with Gasteiger partial charge in [0.1, 0.15) is 5.82 Å². The van der Waals surface area contributed by atoms with E-state index in [0.717, 1.165) is 29.7 Å². The van der Waals surface area contributed by atoms with Crippen molar-refractivity contribution < 1.29 is 0 Å². The van der Waals surface area contributed by atoms with Crippen molar-refractivity contribution in [2.45, 2.75) is 26.7 Å². The van der Waals surface area contributed by atoms with Crippen molar-refractivity contribution in [3.8, 4) is 0 Å². The number of nitrogens with zero attached hydrogens (tertiary/aromatic N) is 4. The predicted molar refractivity (Wildman–Crippen MR) is 75.0 cm³/mol. The largest absolute Gasteiger partial charge is 0.358 e. The average Bonchev–Trinajstić information content (AvgIpc) is 2.32. The number of rotatable bonds is 3. The van der Waals surface area contributed by atoms with Crippen LogP contribution in [0.1, 0.15) is 24.2 Å². The molecule has 0 amide bonds. The molecule has 1 aromatic rings. The topological polar surface area (TPSA) is 32.3 Å². The third-order valence-electron chi connectivity index (χ3n) is 3.67. The number of aryl methyl sites for hydroxylation is 2. The zero-order valence-electron chi connectivity index (χ0n) is 12.0. The molecule has 1 fully saturated rings. The van der Waals surface area contributed by atoms with Crippen LogP contribution in [0.15, 0.2) is 6.20 Å². The molecule has 0 aromatic carbocycles. The first kappa shape index (κ1) is 13.3. The van der Waals surface area contributed by atoms with Crippen LogP contribution in [0, 0.1) is 19.8 Å². The molecule has 100 valence electrons.